The Morgan fingerprint density at radius 1 is 1.43 bits per heavy atom. The van der Waals surface area contributed by atoms with E-state index in [-0.39, 0.29) is 28.8 Å². The van der Waals surface area contributed by atoms with E-state index < -0.39 is 12.8 Å². The number of halogens is 3. The first-order chi connectivity index (χ1) is 13.3. The van der Waals surface area contributed by atoms with Crippen molar-refractivity contribution in [2.75, 3.05) is 6.61 Å². The second-order valence-corrected chi connectivity index (χ2v) is 7.81. The van der Waals surface area contributed by atoms with Gasteiger partial charge in [0.15, 0.2) is 17.3 Å². The van der Waals surface area contributed by atoms with Crippen molar-refractivity contribution in [2.24, 2.45) is 5.92 Å². The van der Waals surface area contributed by atoms with E-state index in [0.717, 1.165) is 27.6 Å². The van der Waals surface area contributed by atoms with Crippen LogP contribution in [0.15, 0.2) is 30.5 Å². The fraction of sp³-hybridized carbons (Fsp3) is 0.389. The Morgan fingerprint density at radius 2 is 2.25 bits per heavy atom. The number of imidazole rings is 1. The lowest BCUT2D eigenvalue weighted by Crippen LogP contribution is -2.28. The van der Waals surface area contributed by atoms with Gasteiger partial charge in [-0.1, -0.05) is 0 Å². The van der Waals surface area contributed by atoms with Crippen molar-refractivity contribution in [3.05, 3.63) is 41.2 Å². The molecule has 0 radical (unpaired) electrons. The monoisotopic (exact) mass is 410 g/mol. The smallest absolute Gasteiger partial charge is 0.422 e. The van der Waals surface area contributed by atoms with Gasteiger partial charge in [0.25, 0.3) is 0 Å². The first-order valence-corrected chi connectivity index (χ1v) is 9.52. The quantitative estimate of drug-likeness (QED) is 0.645. The number of pyridine rings is 1. The number of nitrogens with zero attached hydrogens (tertiary/aromatic N) is 2. The number of thiophene rings is 1. The maximum absolute atomic E-state index is 12.5. The molecule has 4 rings (SSSR count). The molecule has 148 valence electrons. The van der Waals surface area contributed by atoms with E-state index in [1.165, 1.54) is 6.07 Å². The van der Waals surface area contributed by atoms with Crippen LogP contribution in [0.5, 0.6) is 5.06 Å². The minimum Gasteiger partial charge on any atom is -0.475 e. The highest BCUT2D eigenvalue weighted by molar-refractivity contribution is 7.13. The number of hydrogen-bond donors (Lipinski definition) is 2. The zero-order valence-electron chi connectivity index (χ0n) is 14.8. The molecular weight excluding hydrogens is 393 g/mol. The lowest BCUT2D eigenvalue weighted by molar-refractivity contribution is -0.152. The summed E-state index contributed by atoms with van der Waals surface area (Å²) in [6.07, 6.45) is -2.01. The summed E-state index contributed by atoms with van der Waals surface area (Å²) in [7, 11) is 0. The number of aromatic amines is 1. The van der Waals surface area contributed by atoms with Crippen molar-refractivity contribution in [3.8, 4) is 5.06 Å². The molecule has 1 amide bonds. The third-order valence-corrected chi connectivity index (χ3v) is 5.70. The normalized spacial score (nSPS) is 20.1. The molecule has 10 heteroatoms. The number of fused-ring (bicyclic) bond motifs is 1. The third-order valence-electron chi connectivity index (χ3n) is 4.52. The van der Waals surface area contributed by atoms with E-state index in [0.29, 0.717) is 12.1 Å². The fourth-order valence-corrected chi connectivity index (χ4v) is 3.87. The molecule has 28 heavy (non-hydrogen) atoms. The molecule has 0 saturated heterocycles. The Morgan fingerprint density at radius 3 is 3.00 bits per heavy atom. The van der Waals surface area contributed by atoms with E-state index in [2.05, 4.69) is 20.3 Å². The van der Waals surface area contributed by atoms with Crippen LogP contribution in [0.4, 0.5) is 13.2 Å². The lowest BCUT2D eigenvalue weighted by Gasteiger charge is -2.12. The average molecular weight is 410 g/mol. The summed E-state index contributed by atoms with van der Waals surface area (Å²) in [4.78, 5) is 25.1. The van der Waals surface area contributed by atoms with Crippen LogP contribution >= 0.6 is 11.3 Å². The van der Waals surface area contributed by atoms with Crippen LogP contribution in [0.1, 0.15) is 36.0 Å². The Labute approximate surface area is 162 Å². The number of hydrogen-bond acceptors (Lipinski definition) is 5. The predicted octanol–water partition coefficient (Wildman–Crippen LogP) is 3.94. The highest BCUT2D eigenvalue weighted by atomic mass is 32.1. The fourth-order valence-electron chi connectivity index (χ4n) is 3.02. The van der Waals surface area contributed by atoms with E-state index in [1.54, 1.807) is 19.2 Å². The van der Waals surface area contributed by atoms with Gasteiger partial charge in [0, 0.05) is 22.9 Å². The van der Waals surface area contributed by atoms with Crippen LogP contribution < -0.4 is 10.1 Å². The molecule has 1 aliphatic carbocycles. The summed E-state index contributed by atoms with van der Waals surface area (Å²) in [6.45, 7) is 0.462. The molecule has 0 aromatic carbocycles. The molecule has 1 fully saturated rings. The molecular formula is C18H17F3N4O2S. The molecule has 3 aromatic rings. The molecule has 6 nitrogen and oxygen atoms in total. The van der Waals surface area contributed by atoms with Crippen LogP contribution in [0.3, 0.4) is 0 Å². The Balaban J connectivity index is 1.33. The summed E-state index contributed by atoms with van der Waals surface area (Å²) in [5.74, 6) is 0.497. The molecule has 1 aliphatic rings. The third kappa shape index (κ3) is 4.11. The van der Waals surface area contributed by atoms with Gasteiger partial charge >= 0.3 is 6.18 Å². The second-order valence-electron chi connectivity index (χ2n) is 6.74. The number of nitrogens with one attached hydrogen (secondary N) is 2. The molecule has 0 bridgehead atoms. The van der Waals surface area contributed by atoms with E-state index in [1.807, 2.05) is 12.1 Å². The summed E-state index contributed by atoms with van der Waals surface area (Å²) in [6, 6.07) is 6.52. The molecule has 3 atom stereocenters. The topological polar surface area (TPSA) is 79.9 Å². The van der Waals surface area contributed by atoms with E-state index >= 15 is 0 Å². The predicted molar refractivity (Wildman–Crippen MR) is 97.2 cm³/mol. The van der Waals surface area contributed by atoms with Crippen LogP contribution in [0.2, 0.25) is 0 Å². The summed E-state index contributed by atoms with van der Waals surface area (Å²) < 4.78 is 41.4. The number of rotatable bonds is 6. The Bertz CT molecular complexity index is 967. The number of aromatic nitrogens is 3. The molecule has 0 spiro atoms. The van der Waals surface area contributed by atoms with Gasteiger partial charge in [0.2, 0.25) is 5.91 Å². The second kappa shape index (κ2) is 7.08. The van der Waals surface area contributed by atoms with Gasteiger partial charge in [0.05, 0.1) is 11.6 Å². The van der Waals surface area contributed by atoms with Crippen LogP contribution in [-0.4, -0.2) is 33.6 Å². The summed E-state index contributed by atoms with van der Waals surface area (Å²) in [5.41, 5.74) is 1.46. The largest absolute Gasteiger partial charge is 0.475 e. The number of ether oxygens (including phenoxy) is 1. The van der Waals surface area contributed by atoms with E-state index in [9.17, 15) is 18.0 Å². The highest BCUT2D eigenvalue weighted by Crippen LogP contribution is 2.47. The van der Waals surface area contributed by atoms with Gasteiger partial charge in [-0.25, -0.2) is 9.97 Å². The minimum absolute atomic E-state index is 0.0235. The van der Waals surface area contributed by atoms with Crippen LogP contribution in [0.25, 0.3) is 11.2 Å². The average Bonchev–Trinajstić information content (AvgIpc) is 3.11. The van der Waals surface area contributed by atoms with Crippen molar-refractivity contribution < 1.29 is 22.7 Å². The number of carbonyl (C=O) groups excluding carboxylic acids is 1. The van der Waals surface area contributed by atoms with Crippen molar-refractivity contribution in [2.45, 2.75) is 31.5 Å². The van der Waals surface area contributed by atoms with E-state index in [4.69, 9.17) is 4.74 Å². The maximum atomic E-state index is 12.5. The van der Waals surface area contributed by atoms with Gasteiger partial charge in [-0.15, -0.1) is 11.3 Å². The van der Waals surface area contributed by atoms with Gasteiger partial charge in [-0.05, 0) is 37.6 Å². The van der Waals surface area contributed by atoms with Crippen LogP contribution in [0, 0.1) is 5.92 Å². The molecule has 1 saturated carbocycles. The zero-order valence-corrected chi connectivity index (χ0v) is 15.6. The first-order valence-electron chi connectivity index (χ1n) is 8.70. The van der Waals surface area contributed by atoms with Crippen molar-refractivity contribution in [1.29, 1.82) is 0 Å². The van der Waals surface area contributed by atoms with Gasteiger partial charge in [-0.3, -0.25) is 4.79 Å². The number of H-pyrrole nitrogens is 1. The molecule has 3 heterocycles. The molecule has 1 unspecified atom stereocenters. The van der Waals surface area contributed by atoms with Gasteiger partial charge in [0.1, 0.15) is 5.82 Å². The van der Waals surface area contributed by atoms with Crippen molar-refractivity contribution >= 4 is 28.4 Å². The minimum atomic E-state index is -4.38. The zero-order chi connectivity index (χ0) is 19.9. The molecule has 0 aliphatic heterocycles. The van der Waals surface area contributed by atoms with Gasteiger partial charge in [-0.2, -0.15) is 13.2 Å². The first kappa shape index (κ1) is 18.7. The number of alkyl halides is 3. The van der Waals surface area contributed by atoms with Crippen LogP contribution in [-0.2, 0) is 4.79 Å². The molecule has 2 N–H and O–H groups in total. The summed E-state index contributed by atoms with van der Waals surface area (Å²) >= 11 is 1.09. The van der Waals surface area contributed by atoms with Crippen molar-refractivity contribution in [3.63, 3.8) is 0 Å². The Hall–Kier alpha value is -2.62. The number of carbonyl (C=O) groups is 1. The highest BCUT2D eigenvalue weighted by Gasteiger charge is 2.46. The molecule has 3 aromatic heterocycles. The van der Waals surface area contributed by atoms with Crippen molar-refractivity contribution in [1.82, 2.24) is 20.3 Å². The SMILES string of the molecule is CC(NC(=O)[C@H]1C[C@@H]1c1nc2ncccc2[nH]1)c1ccc(OCC(F)(F)F)s1. The summed E-state index contributed by atoms with van der Waals surface area (Å²) in [5, 5.41) is 3.09. The standard InChI is InChI=1S/C18H17F3N4O2S/c1-9(13-4-5-14(28-13)27-8-18(19,20)21)23-17(26)11-7-10(11)15-24-12-3-2-6-22-16(12)25-15/h2-6,9-11H,7-8H2,1H3,(H,23,26)(H,22,24,25)/t9?,10-,11-/m0/s1. The number of amides is 1. The maximum Gasteiger partial charge on any atom is 0.422 e. The van der Waals surface area contributed by atoms with Gasteiger partial charge < -0.3 is 15.0 Å². The lowest BCUT2D eigenvalue weighted by atomic mass is 10.2. The Kier molecular flexibility index (Phi) is 4.74.